The first kappa shape index (κ1) is 17.7. The van der Waals surface area contributed by atoms with Crippen molar-refractivity contribution in [2.45, 2.75) is 0 Å². The second kappa shape index (κ2) is 6.32. The van der Waals surface area contributed by atoms with Crippen molar-refractivity contribution >= 4 is 98.7 Å². The van der Waals surface area contributed by atoms with Crippen molar-refractivity contribution in [3.8, 4) is 0 Å². The molecule has 0 N–H and O–H groups in total. The summed E-state index contributed by atoms with van der Waals surface area (Å²) in [6, 6.07) is 6.04. The van der Waals surface area contributed by atoms with Gasteiger partial charge in [-0.15, -0.1) is 0 Å². The third-order valence-electron chi connectivity index (χ3n) is 3.29. The Labute approximate surface area is 169 Å². The molecule has 0 aromatic heterocycles. The number of rotatable bonds is 2. The fraction of sp³-hybridized carbons (Fsp3) is 0. The average molecular weight is 584 g/mol. The highest BCUT2D eigenvalue weighted by Gasteiger charge is 2.39. The lowest BCUT2D eigenvalue weighted by Crippen LogP contribution is -2.33. The molecular weight excluding hydrogens is 580 g/mol. The molecule has 0 radical (unpaired) electrons. The Bertz CT molecular complexity index is 789. The Morgan fingerprint density at radius 1 is 0.583 bits per heavy atom. The summed E-state index contributed by atoms with van der Waals surface area (Å²) in [6.07, 6.45) is 0. The Balaban J connectivity index is 2.01. The topological polar surface area (TPSA) is 74.8 Å². The van der Waals surface area contributed by atoms with E-state index in [1.54, 1.807) is 6.07 Å². The first-order valence-electron chi connectivity index (χ1n) is 6.24. The largest absolute Gasteiger partial charge is 0.273 e. The zero-order valence-corrected chi connectivity index (χ0v) is 17.7. The van der Waals surface area contributed by atoms with Gasteiger partial charge in [0.25, 0.3) is 23.6 Å². The quantitative estimate of drug-likeness (QED) is 0.500. The molecule has 122 valence electrons. The molecule has 3 rings (SSSR count). The fourth-order valence-electron chi connectivity index (χ4n) is 2.19. The zero-order chi connectivity index (χ0) is 17.8. The minimum Gasteiger partial charge on any atom is -0.268 e. The summed E-state index contributed by atoms with van der Waals surface area (Å²) in [7, 11) is 0. The smallest absolute Gasteiger partial charge is 0.268 e. The van der Waals surface area contributed by atoms with Crippen molar-refractivity contribution in [2.24, 2.45) is 0 Å². The Hall–Kier alpha value is -1.10. The normalized spacial score (nSPS) is 18.7. The van der Waals surface area contributed by atoms with Gasteiger partial charge in [0, 0.05) is 0 Å². The molecule has 1 aromatic carbocycles. The van der Waals surface area contributed by atoms with E-state index in [1.807, 2.05) is 0 Å². The van der Waals surface area contributed by atoms with Gasteiger partial charge in [0.05, 0.1) is 11.4 Å². The summed E-state index contributed by atoms with van der Waals surface area (Å²) < 4.78 is 0.438. The molecule has 2 aliphatic heterocycles. The molecule has 0 atom stereocenters. The average Bonchev–Trinajstić information content (AvgIpc) is 2.88. The van der Waals surface area contributed by atoms with Crippen molar-refractivity contribution in [1.82, 2.24) is 0 Å². The molecule has 0 fully saturated rings. The van der Waals surface area contributed by atoms with Crippen LogP contribution >= 0.6 is 63.7 Å². The lowest BCUT2D eigenvalue weighted by molar-refractivity contribution is -0.121. The number of halogens is 4. The lowest BCUT2D eigenvalue weighted by atomic mass is 10.2. The maximum Gasteiger partial charge on any atom is 0.273 e. The maximum absolute atomic E-state index is 12.2. The molecule has 0 saturated carbocycles. The van der Waals surface area contributed by atoms with E-state index in [0.717, 1.165) is 9.80 Å². The van der Waals surface area contributed by atoms with Gasteiger partial charge in [-0.25, -0.2) is 9.80 Å². The van der Waals surface area contributed by atoms with Gasteiger partial charge in [-0.1, -0.05) is 6.07 Å². The summed E-state index contributed by atoms with van der Waals surface area (Å²) in [4.78, 5) is 50.7. The van der Waals surface area contributed by atoms with E-state index in [4.69, 9.17) is 0 Å². The molecule has 10 heteroatoms. The van der Waals surface area contributed by atoms with Crippen LogP contribution < -0.4 is 9.80 Å². The van der Waals surface area contributed by atoms with E-state index in [9.17, 15) is 19.2 Å². The van der Waals surface area contributed by atoms with E-state index in [1.165, 1.54) is 18.2 Å². The van der Waals surface area contributed by atoms with E-state index < -0.39 is 23.6 Å². The number of amides is 4. The van der Waals surface area contributed by atoms with Gasteiger partial charge in [0.15, 0.2) is 0 Å². The predicted octanol–water partition coefficient (Wildman–Crippen LogP) is 3.44. The van der Waals surface area contributed by atoms with Crippen LogP contribution in [0.5, 0.6) is 0 Å². The first-order valence-corrected chi connectivity index (χ1v) is 9.41. The molecule has 4 amide bonds. The molecule has 2 heterocycles. The molecule has 1 aromatic rings. The van der Waals surface area contributed by atoms with Crippen LogP contribution in [-0.2, 0) is 19.2 Å². The molecule has 0 saturated heterocycles. The van der Waals surface area contributed by atoms with Crippen LogP contribution in [0.3, 0.4) is 0 Å². The van der Waals surface area contributed by atoms with Crippen LogP contribution in [0.25, 0.3) is 0 Å². The molecular formula is C14H4Br4N2O4. The van der Waals surface area contributed by atoms with Crippen LogP contribution in [0.1, 0.15) is 0 Å². The number of nitrogens with zero attached hydrogens (tertiary/aromatic N) is 2. The second-order valence-electron chi connectivity index (χ2n) is 4.67. The summed E-state index contributed by atoms with van der Waals surface area (Å²) in [5, 5.41) is 0. The number of imide groups is 2. The number of hydrogen-bond acceptors (Lipinski definition) is 4. The standard InChI is InChI=1S/C14H4Br4N2O4/c15-7-8(16)12(22)19(11(7)21)5-2-1-3-6(4-5)20-13(23)9(17)10(18)14(20)24/h1-4H. The van der Waals surface area contributed by atoms with Crippen LogP contribution in [0.2, 0.25) is 0 Å². The third kappa shape index (κ3) is 2.56. The third-order valence-corrected chi connectivity index (χ3v) is 7.30. The highest BCUT2D eigenvalue weighted by molar-refractivity contribution is 9.15. The first-order chi connectivity index (χ1) is 11.3. The van der Waals surface area contributed by atoms with Gasteiger partial charge >= 0.3 is 0 Å². The highest BCUT2D eigenvalue weighted by Crippen LogP contribution is 2.37. The molecule has 2 aliphatic rings. The lowest BCUT2D eigenvalue weighted by Gasteiger charge is -2.19. The monoisotopic (exact) mass is 580 g/mol. The number of carbonyl (C=O) groups excluding carboxylic acids is 4. The van der Waals surface area contributed by atoms with E-state index >= 15 is 0 Å². The van der Waals surface area contributed by atoms with Gasteiger partial charge in [-0.2, -0.15) is 0 Å². The number of anilines is 2. The Kier molecular flexibility index (Phi) is 4.67. The van der Waals surface area contributed by atoms with Gasteiger partial charge in [-0.05, 0) is 81.9 Å². The molecule has 0 bridgehead atoms. The Morgan fingerprint density at radius 2 is 0.875 bits per heavy atom. The highest BCUT2D eigenvalue weighted by atomic mass is 79.9. The van der Waals surface area contributed by atoms with Gasteiger partial charge in [-0.3, -0.25) is 19.2 Å². The molecule has 0 spiro atoms. The zero-order valence-electron chi connectivity index (χ0n) is 11.3. The van der Waals surface area contributed by atoms with Crippen LogP contribution in [0.4, 0.5) is 11.4 Å². The van der Waals surface area contributed by atoms with Gasteiger partial charge in [0.1, 0.15) is 17.9 Å². The maximum atomic E-state index is 12.2. The van der Waals surface area contributed by atoms with E-state index in [-0.39, 0.29) is 29.3 Å². The van der Waals surface area contributed by atoms with Crippen molar-refractivity contribution in [3.05, 3.63) is 42.2 Å². The molecule has 0 unspecified atom stereocenters. The minimum absolute atomic E-state index is 0.110. The van der Waals surface area contributed by atoms with Gasteiger partial charge < -0.3 is 0 Å². The number of benzene rings is 1. The van der Waals surface area contributed by atoms with Crippen LogP contribution in [0, 0.1) is 0 Å². The van der Waals surface area contributed by atoms with Crippen LogP contribution in [0.15, 0.2) is 42.2 Å². The van der Waals surface area contributed by atoms with Gasteiger partial charge in [0.2, 0.25) is 0 Å². The molecule has 24 heavy (non-hydrogen) atoms. The van der Waals surface area contributed by atoms with Crippen LogP contribution in [-0.4, -0.2) is 23.6 Å². The van der Waals surface area contributed by atoms with E-state index in [2.05, 4.69) is 63.7 Å². The number of hydrogen-bond donors (Lipinski definition) is 0. The summed E-state index contributed by atoms with van der Waals surface area (Å²) in [5.74, 6) is -2.15. The van der Waals surface area contributed by atoms with Crippen molar-refractivity contribution < 1.29 is 19.2 Å². The van der Waals surface area contributed by atoms with Crippen molar-refractivity contribution in [2.75, 3.05) is 9.80 Å². The summed E-state index contributed by atoms with van der Waals surface area (Å²) >= 11 is 12.2. The van der Waals surface area contributed by atoms with Crippen molar-refractivity contribution in [3.63, 3.8) is 0 Å². The fourth-order valence-corrected chi connectivity index (χ4v) is 3.58. The molecule has 6 nitrogen and oxygen atoms in total. The summed E-state index contributed by atoms with van der Waals surface area (Å²) in [5.41, 5.74) is 0.488. The minimum atomic E-state index is -0.538. The number of carbonyl (C=O) groups is 4. The second-order valence-corrected chi connectivity index (χ2v) is 7.84. The van der Waals surface area contributed by atoms with Crippen molar-refractivity contribution in [1.29, 1.82) is 0 Å². The summed E-state index contributed by atoms with van der Waals surface area (Å²) in [6.45, 7) is 0. The Morgan fingerprint density at radius 3 is 1.17 bits per heavy atom. The molecule has 0 aliphatic carbocycles. The van der Waals surface area contributed by atoms with E-state index in [0.29, 0.717) is 0 Å². The predicted molar refractivity (Wildman–Crippen MR) is 101 cm³/mol. The SMILES string of the molecule is O=C1C(Br)=C(Br)C(=O)N1c1cccc(N2C(=O)C(Br)=C(Br)C2=O)c1.